The third-order valence-corrected chi connectivity index (χ3v) is 9.34. The van der Waals surface area contributed by atoms with E-state index in [1.807, 2.05) is 0 Å². The maximum atomic E-state index is 2.59. The molecule has 25 heavy (non-hydrogen) atoms. The Morgan fingerprint density at radius 1 is 0.800 bits per heavy atom. The van der Waals surface area contributed by atoms with E-state index in [0.717, 1.165) is 53.3 Å². The van der Waals surface area contributed by atoms with Crippen LogP contribution in [0.4, 0.5) is 0 Å². The Hall–Kier alpha value is 0.0649. The summed E-state index contributed by atoms with van der Waals surface area (Å²) >= 11 is 0. The van der Waals surface area contributed by atoms with Crippen LogP contribution in [0.25, 0.3) is 0 Å². The summed E-state index contributed by atoms with van der Waals surface area (Å²) in [6.07, 6.45) is 5.59. The molecule has 8 atom stereocenters. The van der Waals surface area contributed by atoms with E-state index in [-0.39, 0.29) is 0 Å². The summed E-state index contributed by atoms with van der Waals surface area (Å²) in [6.45, 7) is 25.1. The van der Waals surface area contributed by atoms with E-state index in [0.29, 0.717) is 5.41 Å². The van der Waals surface area contributed by atoms with E-state index < -0.39 is 0 Å². The van der Waals surface area contributed by atoms with E-state index in [9.17, 15) is 0 Å². The highest BCUT2D eigenvalue weighted by molar-refractivity contribution is 6.08. The summed E-state index contributed by atoms with van der Waals surface area (Å²) in [7, 11) is 2.36. The van der Waals surface area contributed by atoms with Crippen LogP contribution in [0, 0.1) is 58.7 Å². The minimum Gasteiger partial charge on any atom is -0.0783 e. The molecular formula is C24H49B. The summed E-state index contributed by atoms with van der Waals surface area (Å²) in [5.74, 6) is 7.77. The highest BCUT2D eigenvalue weighted by Crippen LogP contribution is 2.51. The Morgan fingerprint density at radius 2 is 1.28 bits per heavy atom. The molecule has 0 amide bonds. The fourth-order valence-corrected chi connectivity index (χ4v) is 5.38. The molecule has 0 heterocycles. The minimum absolute atomic E-state index is 0.456. The van der Waals surface area contributed by atoms with Gasteiger partial charge in [0.15, 0.2) is 0 Å². The molecule has 148 valence electrons. The Labute approximate surface area is 161 Å². The van der Waals surface area contributed by atoms with Gasteiger partial charge in [-0.15, -0.1) is 0 Å². The van der Waals surface area contributed by atoms with Crippen molar-refractivity contribution in [2.45, 2.75) is 94.8 Å². The fourth-order valence-electron chi connectivity index (χ4n) is 5.38. The molecule has 0 aromatic rings. The van der Waals surface area contributed by atoms with Gasteiger partial charge in [0, 0.05) is 0 Å². The lowest BCUT2D eigenvalue weighted by Gasteiger charge is -2.44. The van der Waals surface area contributed by atoms with Gasteiger partial charge in [-0.3, -0.25) is 0 Å². The van der Waals surface area contributed by atoms with Gasteiger partial charge in [-0.1, -0.05) is 82.0 Å². The first-order chi connectivity index (χ1) is 11.5. The lowest BCUT2D eigenvalue weighted by Crippen LogP contribution is -2.37. The highest BCUT2D eigenvalue weighted by Gasteiger charge is 2.43. The molecule has 0 saturated heterocycles. The summed E-state index contributed by atoms with van der Waals surface area (Å²) in [6, 6.07) is 0. The average Bonchev–Trinajstić information content (AvgIpc) is 3.42. The molecule has 0 bridgehead atoms. The standard InChI is InChI=1S/C24H49B/c1-11-24(9,10)21(8)18(5)17(4)20(7)23(22-12-13-22)19(6)16(3)15(2)14-25/h15-23H,11-14,25H2,1-10H3. The SMILES string of the molecule is BCC(C)C(C)C(C)C(C1CC1)C(C)C(C)C(C)C(C)C(C)(C)CC. The second kappa shape index (κ2) is 9.32. The van der Waals surface area contributed by atoms with Crippen LogP contribution in [0.5, 0.6) is 0 Å². The largest absolute Gasteiger partial charge is 0.101 e. The van der Waals surface area contributed by atoms with Crippen molar-refractivity contribution in [1.29, 1.82) is 0 Å². The normalized spacial score (nSPS) is 25.5. The van der Waals surface area contributed by atoms with Gasteiger partial charge in [0.2, 0.25) is 0 Å². The Balaban J connectivity index is 2.89. The maximum absolute atomic E-state index is 2.59. The Kier molecular flexibility index (Phi) is 8.61. The lowest BCUT2D eigenvalue weighted by molar-refractivity contribution is 0.0497. The zero-order valence-electron chi connectivity index (χ0n) is 19.5. The van der Waals surface area contributed by atoms with Crippen molar-refractivity contribution in [1.82, 2.24) is 0 Å². The van der Waals surface area contributed by atoms with Crippen molar-refractivity contribution in [2.24, 2.45) is 58.7 Å². The van der Waals surface area contributed by atoms with Crippen LogP contribution in [-0.4, -0.2) is 7.85 Å². The van der Waals surface area contributed by atoms with Gasteiger partial charge in [0.05, 0.1) is 0 Å². The predicted octanol–water partition coefficient (Wildman–Crippen LogP) is 6.95. The van der Waals surface area contributed by atoms with Gasteiger partial charge < -0.3 is 0 Å². The van der Waals surface area contributed by atoms with Crippen molar-refractivity contribution in [3.63, 3.8) is 0 Å². The zero-order chi connectivity index (χ0) is 19.5. The third-order valence-electron chi connectivity index (χ3n) is 9.34. The molecule has 0 radical (unpaired) electrons. The van der Waals surface area contributed by atoms with Gasteiger partial charge in [-0.05, 0) is 71.5 Å². The van der Waals surface area contributed by atoms with Crippen molar-refractivity contribution in [2.75, 3.05) is 0 Å². The van der Waals surface area contributed by atoms with Crippen molar-refractivity contribution < 1.29 is 0 Å². The molecule has 1 fully saturated rings. The van der Waals surface area contributed by atoms with Crippen LogP contribution >= 0.6 is 0 Å². The first kappa shape index (κ1) is 23.1. The minimum atomic E-state index is 0.456. The molecule has 1 aliphatic rings. The molecule has 0 spiro atoms. The molecule has 1 rings (SSSR count). The molecule has 0 aliphatic heterocycles. The van der Waals surface area contributed by atoms with Crippen LogP contribution in [0.3, 0.4) is 0 Å². The van der Waals surface area contributed by atoms with Crippen molar-refractivity contribution in [3.05, 3.63) is 0 Å². The molecule has 1 aliphatic carbocycles. The zero-order valence-corrected chi connectivity index (χ0v) is 19.5. The Morgan fingerprint density at radius 3 is 1.68 bits per heavy atom. The van der Waals surface area contributed by atoms with Crippen LogP contribution < -0.4 is 0 Å². The molecule has 0 N–H and O–H groups in total. The van der Waals surface area contributed by atoms with E-state index in [1.165, 1.54) is 25.6 Å². The first-order valence-corrected chi connectivity index (χ1v) is 11.5. The number of hydrogen-bond acceptors (Lipinski definition) is 0. The summed E-state index contributed by atoms with van der Waals surface area (Å²) in [5, 5.41) is 0. The van der Waals surface area contributed by atoms with Crippen LogP contribution in [-0.2, 0) is 0 Å². The quantitative estimate of drug-likeness (QED) is 0.354. The molecule has 0 aromatic heterocycles. The van der Waals surface area contributed by atoms with Gasteiger partial charge in [-0.2, -0.15) is 0 Å². The van der Waals surface area contributed by atoms with Crippen molar-refractivity contribution >= 4 is 7.85 Å². The smallest absolute Gasteiger partial charge is 0.0783 e. The first-order valence-electron chi connectivity index (χ1n) is 11.5. The Bertz CT molecular complexity index is 384. The summed E-state index contributed by atoms with van der Waals surface area (Å²) in [4.78, 5) is 0. The lowest BCUT2D eigenvalue weighted by atomic mass is 9.61. The molecule has 1 heteroatoms. The van der Waals surface area contributed by atoms with Gasteiger partial charge in [0.25, 0.3) is 0 Å². The topological polar surface area (TPSA) is 0 Å². The second-order valence-corrected chi connectivity index (χ2v) is 10.7. The molecular weight excluding hydrogens is 299 g/mol. The van der Waals surface area contributed by atoms with Gasteiger partial charge in [0.1, 0.15) is 7.85 Å². The van der Waals surface area contributed by atoms with Crippen LogP contribution in [0.15, 0.2) is 0 Å². The average molecular weight is 348 g/mol. The van der Waals surface area contributed by atoms with Gasteiger partial charge in [-0.25, -0.2) is 0 Å². The monoisotopic (exact) mass is 348 g/mol. The van der Waals surface area contributed by atoms with E-state index >= 15 is 0 Å². The summed E-state index contributed by atoms with van der Waals surface area (Å²) in [5.41, 5.74) is 0.456. The van der Waals surface area contributed by atoms with Gasteiger partial charge >= 0.3 is 0 Å². The molecule has 1 saturated carbocycles. The number of hydrogen-bond donors (Lipinski definition) is 0. The predicted molar refractivity (Wildman–Crippen MR) is 118 cm³/mol. The van der Waals surface area contributed by atoms with Crippen LogP contribution in [0.2, 0.25) is 6.32 Å². The maximum Gasteiger partial charge on any atom is 0.101 e. The summed E-state index contributed by atoms with van der Waals surface area (Å²) < 4.78 is 0. The van der Waals surface area contributed by atoms with Crippen molar-refractivity contribution in [3.8, 4) is 0 Å². The van der Waals surface area contributed by atoms with Crippen LogP contribution in [0.1, 0.15) is 88.5 Å². The van der Waals surface area contributed by atoms with E-state index in [1.54, 1.807) is 0 Å². The van der Waals surface area contributed by atoms with E-state index in [4.69, 9.17) is 0 Å². The fraction of sp³-hybridized carbons (Fsp3) is 1.00. The highest BCUT2D eigenvalue weighted by atomic mass is 14.5. The molecule has 0 aromatic carbocycles. The molecule has 0 nitrogen and oxygen atoms in total. The molecule has 8 unspecified atom stereocenters. The third kappa shape index (κ3) is 5.52. The van der Waals surface area contributed by atoms with E-state index in [2.05, 4.69) is 77.1 Å². The second-order valence-electron chi connectivity index (χ2n) is 10.7. The number of rotatable bonds is 11.